The minimum absolute atomic E-state index is 0.160. The number of carbonyl (C=O) groups is 1. The van der Waals surface area contributed by atoms with Crippen molar-refractivity contribution < 1.29 is 9.18 Å². The van der Waals surface area contributed by atoms with Crippen LogP contribution in [0.4, 0.5) is 21.5 Å². The molecule has 25 heavy (non-hydrogen) atoms. The zero-order valence-electron chi connectivity index (χ0n) is 14.5. The summed E-state index contributed by atoms with van der Waals surface area (Å²) in [6.45, 7) is 4.03. The predicted molar refractivity (Wildman–Crippen MR) is 101 cm³/mol. The summed E-state index contributed by atoms with van der Waals surface area (Å²) in [5, 5.41) is 5.97. The van der Waals surface area contributed by atoms with Crippen LogP contribution < -0.4 is 15.5 Å². The van der Waals surface area contributed by atoms with Crippen molar-refractivity contribution in [1.29, 1.82) is 0 Å². The lowest BCUT2D eigenvalue weighted by Crippen LogP contribution is -2.32. The number of benzene rings is 2. The smallest absolute Gasteiger partial charge is 0.246 e. The molecule has 2 N–H and O–H groups in total. The molecule has 1 saturated heterocycles. The highest BCUT2D eigenvalue weighted by Gasteiger charge is 2.14. The number of hydrogen-bond donors (Lipinski definition) is 2. The van der Waals surface area contributed by atoms with Gasteiger partial charge in [-0.1, -0.05) is 0 Å². The molecule has 1 aliphatic heterocycles. The molecule has 2 aromatic rings. The topological polar surface area (TPSA) is 44.4 Å². The Morgan fingerprint density at radius 3 is 2.20 bits per heavy atom. The van der Waals surface area contributed by atoms with Crippen molar-refractivity contribution >= 4 is 23.0 Å². The molecule has 1 aliphatic rings. The molecule has 0 aliphatic carbocycles. The summed E-state index contributed by atoms with van der Waals surface area (Å²) in [5.41, 5.74) is 2.72. The third-order valence-corrected chi connectivity index (χ3v) is 4.48. The van der Waals surface area contributed by atoms with E-state index >= 15 is 0 Å². The summed E-state index contributed by atoms with van der Waals surface area (Å²) in [6.07, 6.45) is 3.82. The average Bonchev–Trinajstić information content (AvgIpc) is 2.65. The molecule has 4 nitrogen and oxygen atoms in total. The molecule has 1 heterocycles. The normalized spacial score (nSPS) is 15.5. The van der Waals surface area contributed by atoms with Crippen molar-refractivity contribution in [1.82, 2.24) is 0 Å². The van der Waals surface area contributed by atoms with Gasteiger partial charge in [-0.3, -0.25) is 4.79 Å². The first-order valence-corrected chi connectivity index (χ1v) is 8.80. The molecule has 0 unspecified atom stereocenters. The van der Waals surface area contributed by atoms with Gasteiger partial charge in [-0.15, -0.1) is 0 Å². The van der Waals surface area contributed by atoms with Gasteiger partial charge in [-0.25, -0.2) is 4.39 Å². The monoisotopic (exact) mass is 341 g/mol. The molecule has 0 bridgehead atoms. The van der Waals surface area contributed by atoms with E-state index in [4.69, 9.17) is 0 Å². The van der Waals surface area contributed by atoms with Crippen LogP contribution in [0.1, 0.15) is 26.2 Å². The number of anilines is 3. The number of nitrogens with zero attached hydrogens (tertiary/aromatic N) is 1. The second kappa shape index (κ2) is 8.01. The molecule has 1 amide bonds. The molecule has 1 fully saturated rings. The molecule has 2 aromatic carbocycles. The van der Waals surface area contributed by atoms with Crippen LogP contribution in [-0.4, -0.2) is 25.0 Å². The highest BCUT2D eigenvalue weighted by molar-refractivity contribution is 5.96. The fourth-order valence-electron chi connectivity index (χ4n) is 3.02. The Hall–Kier alpha value is -2.56. The average molecular weight is 341 g/mol. The van der Waals surface area contributed by atoms with Gasteiger partial charge in [0.05, 0.1) is 0 Å². The fourth-order valence-corrected chi connectivity index (χ4v) is 3.02. The quantitative estimate of drug-likeness (QED) is 0.854. The Balaban J connectivity index is 1.55. The Morgan fingerprint density at radius 2 is 1.56 bits per heavy atom. The fraction of sp³-hybridized carbons (Fsp3) is 0.350. The number of rotatable bonds is 5. The number of hydrogen-bond acceptors (Lipinski definition) is 3. The maximum Gasteiger partial charge on any atom is 0.246 e. The SMILES string of the molecule is C[C@@H](Nc1ccc(N2CCCCC2)cc1)C(=O)Nc1ccc(F)cc1. The predicted octanol–water partition coefficient (Wildman–Crippen LogP) is 4.26. The van der Waals surface area contributed by atoms with Crippen molar-refractivity contribution in [3.63, 3.8) is 0 Å². The maximum absolute atomic E-state index is 12.9. The second-order valence-corrected chi connectivity index (χ2v) is 6.46. The third-order valence-electron chi connectivity index (χ3n) is 4.48. The highest BCUT2D eigenvalue weighted by Crippen LogP contribution is 2.22. The van der Waals surface area contributed by atoms with Gasteiger partial charge >= 0.3 is 0 Å². The molecular weight excluding hydrogens is 317 g/mol. The number of carbonyl (C=O) groups excluding carboxylic acids is 1. The lowest BCUT2D eigenvalue weighted by molar-refractivity contribution is -0.116. The number of nitrogens with one attached hydrogen (secondary N) is 2. The summed E-state index contributed by atoms with van der Waals surface area (Å²) in [6, 6.07) is 13.6. The number of amides is 1. The first-order chi connectivity index (χ1) is 12.1. The summed E-state index contributed by atoms with van der Waals surface area (Å²) >= 11 is 0. The van der Waals surface area contributed by atoms with Crippen LogP contribution >= 0.6 is 0 Å². The molecule has 132 valence electrons. The van der Waals surface area contributed by atoms with Crippen molar-refractivity contribution in [3.05, 3.63) is 54.3 Å². The van der Waals surface area contributed by atoms with Gasteiger partial charge in [0.1, 0.15) is 11.9 Å². The molecule has 1 atom stereocenters. The van der Waals surface area contributed by atoms with Crippen LogP contribution in [-0.2, 0) is 4.79 Å². The van der Waals surface area contributed by atoms with Crippen LogP contribution in [0, 0.1) is 5.82 Å². The number of piperidine rings is 1. The van der Waals surface area contributed by atoms with E-state index in [1.165, 1.54) is 37.1 Å². The van der Waals surface area contributed by atoms with Crippen LogP contribution in [0.2, 0.25) is 0 Å². The van der Waals surface area contributed by atoms with Gasteiger partial charge in [0, 0.05) is 30.2 Å². The Labute approximate surface area is 148 Å². The molecule has 3 rings (SSSR count). The van der Waals surface area contributed by atoms with Crippen LogP contribution in [0.5, 0.6) is 0 Å². The molecule has 0 radical (unpaired) electrons. The zero-order chi connectivity index (χ0) is 17.6. The largest absolute Gasteiger partial charge is 0.374 e. The first-order valence-electron chi connectivity index (χ1n) is 8.80. The lowest BCUT2D eigenvalue weighted by atomic mass is 10.1. The van der Waals surface area contributed by atoms with Gasteiger partial charge < -0.3 is 15.5 Å². The van der Waals surface area contributed by atoms with Crippen LogP contribution in [0.3, 0.4) is 0 Å². The highest BCUT2D eigenvalue weighted by atomic mass is 19.1. The first kappa shape index (κ1) is 17.3. The van der Waals surface area contributed by atoms with E-state index < -0.39 is 6.04 Å². The van der Waals surface area contributed by atoms with Crippen molar-refractivity contribution in [3.8, 4) is 0 Å². The van der Waals surface area contributed by atoms with Gasteiger partial charge in [0.25, 0.3) is 0 Å². The van der Waals surface area contributed by atoms with E-state index in [-0.39, 0.29) is 11.7 Å². The molecule has 0 aromatic heterocycles. The molecule has 5 heteroatoms. The van der Waals surface area contributed by atoms with E-state index in [0.29, 0.717) is 5.69 Å². The summed E-state index contributed by atoms with van der Waals surface area (Å²) in [4.78, 5) is 14.6. The van der Waals surface area contributed by atoms with Gasteiger partial charge in [0.15, 0.2) is 0 Å². The van der Waals surface area contributed by atoms with Crippen molar-refractivity contribution in [2.24, 2.45) is 0 Å². The van der Waals surface area contributed by atoms with Crippen LogP contribution in [0.15, 0.2) is 48.5 Å². The standard InChI is InChI=1S/C20H24FN3O/c1-15(20(25)23-18-7-5-16(21)6-8-18)22-17-9-11-19(12-10-17)24-13-3-2-4-14-24/h5-12,15,22H,2-4,13-14H2,1H3,(H,23,25)/t15-/m1/s1. The van der Waals surface area contributed by atoms with Crippen LogP contribution in [0.25, 0.3) is 0 Å². The second-order valence-electron chi connectivity index (χ2n) is 6.46. The summed E-state index contributed by atoms with van der Waals surface area (Å²) < 4.78 is 12.9. The maximum atomic E-state index is 12.9. The van der Waals surface area contributed by atoms with E-state index in [2.05, 4.69) is 27.7 Å². The lowest BCUT2D eigenvalue weighted by Gasteiger charge is -2.29. The van der Waals surface area contributed by atoms with E-state index in [0.717, 1.165) is 18.8 Å². The molecule has 0 saturated carbocycles. The summed E-state index contributed by atoms with van der Waals surface area (Å²) in [7, 11) is 0. The van der Waals surface area contributed by atoms with E-state index in [1.807, 2.05) is 12.1 Å². The van der Waals surface area contributed by atoms with Gasteiger partial charge in [0.2, 0.25) is 5.91 Å². The van der Waals surface area contributed by atoms with E-state index in [9.17, 15) is 9.18 Å². The number of halogens is 1. The Morgan fingerprint density at radius 1 is 0.960 bits per heavy atom. The minimum atomic E-state index is -0.397. The van der Waals surface area contributed by atoms with Gasteiger partial charge in [-0.2, -0.15) is 0 Å². The van der Waals surface area contributed by atoms with E-state index in [1.54, 1.807) is 19.1 Å². The van der Waals surface area contributed by atoms with Crippen molar-refractivity contribution in [2.45, 2.75) is 32.2 Å². The van der Waals surface area contributed by atoms with Gasteiger partial charge in [-0.05, 0) is 74.7 Å². The third kappa shape index (κ3) is 4.72. The Bertz CT molecular complexity index is 694. The molecular formula is C20H24FN3O. The zero-order valence-corrected chi connectivity index (χ0v) is 14.5. The summed E-state index contributed by atoms with van der Waals surface area (Å²) in [5.74, 6) is -0.482. The Kier molecular flexibility index (Phi) is 5.53. The molecule has 0 spiro atoms. The minimum Gasteiger partial charge on any atom is -0.374 e. The van der Waals surface area contributed by atoms with Crippen molar-refractivity contribution in [2.75, 3.05) is 28.6 Å².